The van der Waals surface area contributed by atoms with Gasteiger partial charge < -0.3 is 4.55 Å². The van der Waals surface area contributed by atoms with Gasteiger partial charge in [0, 0.05) is 7.05 Å². The SMILES string of the molecule is CN(CC(=O)N(N)c1ccc(C#N)cc1)SO. The Morgan fingerprint density at radius 1 is 1.53 bits per heavy atom. The number of hydrogen-bond acceptors (Lipinski definition) is 6. The molecular formula is C10H12N4O2S. The quantitative estimate of drug-likeness (QED) is 0.271. The molecule has 1 aromatic rings. The van der Waals surface area contributed by atoms with Crippen LogP contribution in [0.25, 0.3) is 0 Å². The highest BCUT2D eigenvalue weighted by atomic mass is 32.2. The van der Waals surface area contributed by atoms with Crippen LogP contribution in [-0.2, 0) is 4.79 Å². The number of anilines is 1. The zero-order chi connectivity index (χ0) is 12.8. The Hall–Kier alpha value is -1.59. The molecule has 0 saturated carbocycles. The molecule has 0 spiro atoms. The number of carbonyl (C=O) groups is 1. The minimum absolute atomic E-state index is 0.0162. The van der Waals surface area contributed by atoms with Crippen LogP contribution in [0.1, 0.15) is 5.56 Å². The van der Waals surface area contributed by atoms with Crippen molar-refractivity contribution in [2.75, 3.05) is 18.6 Å². The van der Waals surface area contributed by atoms with Gasteiger partial charge in [0.25, 0.3) is 5.91 Å². The van der Waals surface area contributed by atoms with Crippen molar-refractivity contribution < 1.29 is 9.35 Å². The van der Waals surface area contributed by atoms with Gasteiger partial charge in [0.1, 0.15) is 0 Å². The average Bonchev–Trinajstić information content (AvgIpc) is 2.37. The molecule has 0 heterocycles. The third-order valence-electron chi connectivity index (χ3n) is 2.04. The summed E-state index contributed by atoms with van der Waals surface area (Å²) in [6.07, 6.45) is 0. The van der Waals surface area contributed by atoms with E-state index in [1.807, 2.05) is 6.07 Å². The predicted octanol–water partition coefficient (Wildman–Crippen LogP) is 0.818. The van der Waals surface area contributed by atoms with Gasteiger partial charge in [-0.2, -0.15) is 5.26 Å². The van der Waals surface area contributed by atoms with Crippen molar-refractivity contribution in [2.24, 2.45) is 5.84 Å². The van der Waals surface area contributed by atoms with Gasteiger partial charge in [-0.3, -0.25) is 4.79 Å². The Morgan fingerprint density at radius 2 is 2.12 bits per heavy atom. The minimum atomic E-state index is -0.362. The maximum Gasteiger partial charge on any atom is 0.256 e. The van der Waals surface area contributed by atoms with Crippen molar-refractivity contribution in [1.82, 2.24) is 4.31 Å². The van der Waals surface area contributed by atoms with Crippen molar-refractivity contribution in [3.63, 3.8) is 0 Å². The first-order valence-electron chi connectivity index (χ1n) is 4.69. The Bertz CT molecular complexity index is 429. The fourth-order valence-electron chi connectivity index (χ4n) is 1.14. The van der Waals surface area contributed by atoms with Crippen molar-refractivity contribution in [2.45, 2.75) is 0 Å². The molecule has 0 aliphatic carbocycles. The molecule has 17 heavy (non-hydrogen) atoms. The van der Waals surface area contributed by atoms with Gasteiger partial charge in [-0.15, -0.1) is 0 Å². The second-order valence-corrected chi connectivity index (χ2v) is 4.08. The summed E-state index contributed by atoms with van der Waals surface area (Å²) in [6, 6.07) is 8.30. The molecule has 1 aromatic carbocycles. The highest BCUT2D eigenvalue weighted by Gasteiger charge is 2.14. The van der Waals surface area contributed by atoms with Crippen LogP contribution < -0.4 is 10.9 Å². The molecule has 90 valence electrons. The summed E-state index contributed by atoms with van der Waals surface area (Å²) in [7, 11) is 1.56. The molecular weight excluding hydrogens is 240 g/mol. The summed E-state index contributed by atoms with van der Waals surface area (Å²) in [5.41, 5.74) is 0.989. The number of hydrogen-bond donors (Lipinski definition) is 2. The summed E-state index contributed by atoms with van der Waals surface area (Å²) in [6.45, 7) is -0.0162. The third kappa shape index (κ3) is 3.72. The molecule has 0 fully saturated rings. The van der Waals surface area contributed by atoms with Crippen LogP contribution >= 0.6 is 12.2 Å². The van der Waals surface area contributed by atoms with Crippen LogP contribution in [-0.4, -0.2) is 28.4 Å². The molecule has 1 amide bonds. The first-order chi connectivity index (χ1) is 8.08. The van der Waals surface area contributed by atoms with E-state index in [1.165, 1.54) is 4.31 Å². The second kappa shape index (κ2) is 6.22. The maximum absolute atomic E-state index is 11.6. The van der Waals surface area contributed by atoms with E-state index in [-0.39, 0.29) is 12.5 Å². The molecule has 0 radical (unpaired) electrons. The van der Waals surface area contributed by atoms with Crippen LogP contribution in [0.4, 0.5) is 5.69 Å². The van der Waals surface area contributed by atoms with E-state index >= 15 is 0 Å². The molecule has 0 bridgehead atoms. The monoisotopic (exact) mass is 252 g/mol. The summed E-state index contributed by atoms with van der Waals surface area (Å²) < 4.78 is 10.0. The summed E-state index contributed by atoms with van der Waals surface area (Å²) in [4.78, 5) is 11.6. The lowest BCUT2D eigenvalue weighted by molar-refractivity contribution is -0.118. The number of nitriles is 1. The first-order valence-corrected chi connectivity index (χ1v) is 5.42. The number of carbonyl (C=O) groups excluding carboxylic acids is 1. The van der Waals surface area contributed by atoms with Crippen LogP contribution in [0, 0.1) is 11.3 Å². The van der Waals surface area contributed by atoms with Crippen molar-refractivity contribution in [3.8, 4) is 6.07 Å². The fraction of sp³-hybridized carbons (Fsp3) is 0.200. The number of hydrazine groups is 1. The minimum Gasteiger partial charge on any atom is -0.317 e. The lowest BCUT2D eigenvalue weighted by Crippen LogP contribution is -2.42. The molecule has 0 aliphatic rings. The molecule has 3 N–H and O–H groups in total. The molecule has 0 atom stereocenters. The van der Waals surface area contributed by atoms with Crippen LogP contribution in [0.3, 0.4) is 0 Å². The Kier molecular flexibility index (Phi) is 4.93. The zero-order valence-corrected chi connectivity index (χ0v) is 10.0. The van der Waals surface area contributed by atoms with Crippen molar-refractivity contribution >= 4 is 23.8 Å². The fourth-order valence-corrected chi connectivity index (χ4v) is 1.30. The van der Waals surface area contributed by atoms with E-state index < -0.39 is 0 Å². The van der Waals surface area contributed by atoms with E-state index in [4.69, 9.17) is 15.7 Å². The van der Waals surface area contributed by atoms with E-state index in [0.29, 0.717) is 23.5 Å². The largest absolute Gasteiger partial charge is 0.317 e. The first kappa shape index (κ1) is 13.5. The van der Waals surface area contributed by atoms with Crippen molar-refractivity contribution in [1.29, 1.82) is 5.26 Å². The number of likely N-dealkylation sites (N-methyl/N-ethyl adjacent to an activating group) is 1. The summed E-state index contributed by atoms with van der Waals surface area (Å²) in [5, 5.41) is 9.61. The molecule has 0 saturated heterocycles. The van der Waals surface area contributed by atoms with E-state index in [2.05, 4.69) is 0 Å². The van der Waals surface area contributed by atoms with Crippen molar-refractivity contribution in [3.05, 3.63) is 29.8 Å². The van der Waals surface area contributed by atoms with Gasteiger partial charge in [-0.1, -0.05) is 0 Å². The Balaban J connectivity index is 2.71. The van der Waals surface area contributed by atoms with Gasteiger partial charge in [-0.05, 0) is 24.3 Å². The molecule has 7 heteroatoms. The van der Waals surface area contributed by atoms with E-state index in [0.717, 1.165) is 5.01 Å². The van der Waals surface area contributed by atoms with Gasteiger partial charge in [0.2, 0.25) is 0 Å². The van der Waals surface area contributed by atoms with E-state index in [1.54, 1.807) is 31.3 Å². The second-order valence-electron chi connectivity index (χ2n) is 3.29. The average molecular weight is 252 g/mol. The third-order valence-corrected chi connectivity index (χ3v) is 2.45. The molecule has 0 unspecified atom stereocenters. The lowest BCUT2D eigenvalue weighted by Gasteiger charge is -2.19. The topological polar surface area (TPSA) is 93.6 Å². The Morgan fingerprint density at radius 3 is 2.59 bits per heavy atom. The van der Waals surface area contributed by atoms with E-state index in [9.17, 15) is 4.79 Å². The van der Waals surface area contributed by atoms with Crippen LogP contribution in [0.15, 0.2) is 24.3 Å². The highest BCUT2D eigenvalue weighted by molar-refractivity contribution is 7.91. The predicted molar refractivity (Wildman–Crippen MR) is 65.7 cm³/mol. The normalized spacial score (nSPS) is 10.1. The maximum atomic E-state index is 11.6. The summed E-state index contributed by atoms with van der Waals surface area (Å²) in [5.74, 6) is 5.25. The van der Waals surface area contributed by atoms with Crippen LogP contribution in [0.5, 0.6) is 0 Å². The van der Waals surface area contributed by atoms with Gasteiger partial charge in [0.05, 0.1) is 36.1 Å². The number of nitrogens with two attached hydrogens (primary N) is 1. The Labute approximate surface area is 104 Å². The van der Waals surface area contributed by atoms with Gasteiger partial charge in [0.15, 0.2) is 0 Å². The highest BCUT2D eigenvalue weighted by Crippen LogP contribution is 2.13. The smallest absolute Gasteiger partial charge is 0.256 e. The molecule has 1 rings (SSSR count). The number of benzene rings is 1. The number of amides is 1. The van der Waals surface area contributed by atoms with Gasteiger partial charge >= 0.3 is 0 Å². The standard InChI is InChI=1S/C10H12N4O2S/c1-13(17-16)7-10(15)14(12)9-4-2-8(6-11)3-5-9/h2-5,16H,7,12H2,1H3. The summed E-state index contributed by atoms with van der Waals surface area (Å²) >= 11 is 0.459. The number of nitrogens with zero attached hydrogens (tertiary/aromatic N) is 3. The molecule has 6 nitrogen and oxygen atoms in total. The van der Waals surface area contributed by atoms with Gasteiger partial charge in [-0.25, -0.2) is 15.2 Å². The molecule has 0 aliphatic heterocycles. The lowest BCUT2D eigenvalue weighted by atomic mass is 10.2. The number of rotatable bonds is 4. The zero-order valence-electron chi connectivity index (χ0n) is 9.20. The van der Waals surface area contributed by atoms with Crippen LogP contribution in [0.2, 0.25) is 0 Å². The molecule has 0 aromatic heterocycles.